The minimum absolute atomic E-state index is 0.278. The zero-order valence-corrected chi connectivity index (χ0v) is 15.3. The average molecular weight is 319 g/mol. The van der Waals surface area contributed by atoms with Gasteiger partial charge in [-0.1, -0.05) is 20.3 Å². The van der Waals surface area contributed by atoms with Crippen molar-refractivity contribution in [2.75, 3.05) is 31.9 Å². The molecule has 2 atom stereocenters. The molecule has 0 bridgehead atoms. The van der Waals surface area contributed by atoms with Gasteiger partial charge in [0.2, 0.25) is 0 Å². The van der Waals surface area contributed by atoms with Gasteiger partial charge in [0.05, 0.1) is 10.5 Å². The summed E-state index contributed by atoms with van der Waals surface area (Å²) in [5.74, 6) is 0.919. The van der Waals surface area contributed by atoms with E-state index in [9.17, 15) is 8.42 Å². The van der Waals surface area contributed by atoms with Crippen molar-refractivity contribution in [2.24, 2.45) is 5.92 Å². The molecule has 0 aromatic rings. The van der Waals surface area contributed by atoms with E-state index >= 15 is 0 Å². The number of likely N-dealkylation sites (tertiary alicyclic amines) is 1. The second-order valence-electron chi connectivity index (χ2n) is 7.25. The quantitative estimate of drug-likeness (QED) is 0.782. The second kappa shape index (κ2) is 7.93. The van der Waals surface area contributed by atoms with Crippen LogP contribution in [0.15, 0.2) is 0 Å². The maximum absolute atomic E-state index is 12.2. The molecule has 1 aliphatic heterocycles. The van der Waals surface area contributed by atoms with Gasteiger partial charge in [-0.2, -0.15) is 0 Å². The Labute approximate surface area is 131 Å². The first-order chi connectivity index (χ1) is 9.71. The van der Waals surface area contributed by atoms with Gasteiger partial charge in [0.15, 0.2) is 9.84 Å². The van der Waals surface area contributed by atoms with Crippen LogP contribution in [-0.4, -0.2) is 56.0 Å². The molecule has 0 aromatic heterocycles. The van der Waals surface area contributed by atoms with Gasteiger partial charge < -0.3 is 10.2 Å². The molecule has 0 radical (unpaired) electrons. The number of sulfone groups is 1. The third-order valence-electron chi connectivity index (χ3n) is 4.61. The van der Waals surface area contributed by atoms with Crippen LogP contribution in [0.3, 0.4) is 0 Å². The van der Waals surface area contributed by atoms with Crippen LogP contribution in [0.5, 0.6) is 0 Å². The van der Waals surface area contributed by atoms with Gasteiger partial charge in [-0.25, -0.2) is 8.42 Å². The van der Waals surface area contributed by atoms with Gasteiger partial charge in [0.25, 0.3) is 0 Å². The van der Waals surface area contributed by atoms with Crippen LogP contribution in [0.25, 0.3) is 0 Å². The third kappa shape index (κ3) is 5.53. The number of hydrogen-bond donors (Lipinski definition) is 1. The fourth-order valence-electron chi connectivity index (χ4n) is 2.88. The molecule has 0 saturated carbocycles. The van der Waals surface area contributed by atoms with Crippen LogP contribution >= 0.6 is 0 Å². The Morgan fingerprint density at radius 2 is 1.90 bits per heavy atom. The largest absolute Gasteiger partial charge is 0.314 e. The normalized spacial score (nSPS) is 25.2. The van der Waals surface area contributed by atoms with Crippen molar-refractivity contribution < 1.29 is 8.42 Å². The standard InChI is InChI=1S/C16H34N2O2S/c1-6-9-17-15-8-10-18(13-14(15)7-2)11-12-21(19,20)16(3,4)5/h14-15,17H,6-13H2,1-5H3. The molecule has 5 heteroatoms. The molecule has 1 heterocycles. The summed E-state index contributed by atoms with van der Waals surface area (Å²) < 4.78 is 23.8. The number of nitrogens with zero attached hydrogens (tertiary/aromatic N) is 1. The van der Waals surface area contributed by atoms with Gasteiger partial charge >= 0.3 is 0 Å². The van der Waals surface area contributed by atoms with Crippen LogP contribution in [-0.2, 0) is 9.84 Å². The SMILES string of the molecule is CCCNC1CCN(CCS(=O)(=O)C(C)(C)C)CC1CC. The molecule has 0 amide bonds. The van der Waals surface area contributed by atoms with E-state index in [4.69, 9.17) is 0 Å². The van der Waals surface area contributed by atoms with Crippen molar-refractivity contribution >= 4 is 9.84 Å². The van der Waals surface area contributed by atoms with Gasteiger partial charge in [-0.15, -0.1) is 0 Å². The zero-order chi connectivity index (χ0) is 16.1. The summed E-state index contributed by atoms with van der Waals surface area (Å²) in [5, 5.41) is 3.64. The van der Waals surface area contributed by atoms with Gasteiger partial charge in [0.1, 0.15) is 0 Å². The summed E-state index contributed by atoms with van der Waals surface area (Å²) in [5.41, 5.74) is 0. The Kier molecular flexibility index (Phi) is 7.14. The van der Waals surface area contributed by atoms with Crippen molar-refractivity contribution in [3.8, 4) is 0 Å². The summed E-state index contributed by atoms with van der Waals surface area (Å²) >= 11 is 0. The first-order valence-corrected chi connectivity index (χ1v) is 10.0. The molecule has 0 spiro atoms. The van der Waals surface area contributed by atoms with E-state index in [0.717, 1.165) is 32.5 Å². The van der Waals surface area contributed by atoms with Gasteiger partial charge in [-0.05, 0) is 52.6 Å². The lowest BCUT2D eigenvalue weighted by molar-refractivity contribution is 0.141. The van der Waals surface area contributed by atoms with E-state index in [-0.39, 0.29) is 5.75 Å². The molecule has 2 unspecified atom stereocenters. The molecule has 1 aliphatic rings. The predicted molar refractivity (Wildman–Crippen MR) is 90.5 cm³/mol. The lowest BCUT2D eigenvalue weighted by atomic mass is 9.90. The van der Waals surface area contributed by atoms with Crippen molar-refractivity contribution in [3.05, 3.63) is 0 Å². The van der Waals surface area contributed by atoms with Crippen LogP contribution in [0.4, 0.5) is 0 Å². The Balaban J connectivity index is 2.50. The molecule has 1 N–H and O–H groups in total. The van der Waals surface area contributed by atoms with E-state index in [1.165, 1.54) is 6.42 Å². The highest BCUT2D eigenvalue weighted by Gasteiger charge is 2.31. The number of hydrogen-bond acceptors (Lipinski definition) is 4. The van der Waals surface area contributed by atoms with Crippen molar-refractivity contribution in [1.29, 1.82) is 0 Å². The number of rotatable bonds is 7. The molecule has 126 valence electrons. The Bertz CT molecular complexity index is 401. The minimum atomic E-state index is -3.01. The van der Waals surface area contributed by atoms with Gasteiger partial charge in [-0.3, -0.25) is 0 Å². The highest BCUT2D eigenvalue weighted by molar-refractivity contribution is 7.92. The lowest BCUT2D eigenvalue weighted by Gasteiger charge is -2.39. The van der Waals surface area contributed by atoms with Crippen molar-refractivity contribution in [2.45, 2.75) is 64.7 Å². The summed E-state index contributed by atoms with van der Waals surface area (Å²) in [6.07, 6.45) is 3.46. The smallest absolute Gasteiger partial charge is 0.156 e. The summed E-state index contributed by atoms with van der Waals surface area (Å²) in [7, 11) is -3.01. The van der Waals surface area contributed by atoms with E-state index in [0.29, 0.717) is 18.5 Å². The second-order valence-corrected chi connectivity index (χ2v) is 10.1. The first kappa shape index (κ1) is 18.9. The lowest BCUT2D eigenvalue weighted by Crippen LogP contribution is -2.50. The topological polar surface area (TPSA) is 49.4 Å². The molecule has 0 aliphatic carbocycles. The Morgan fingerprint density at radius 1 is 1.24 bits per heavy atom. The molecule has 0 aromatic carbocycles. The highest BCUT2D eigenvalue weighted by Crippen LogP contribution is 2.21. The van der Waals surface area contributed by atoms with Gasteiger partial charge in [0, 0.05) is 19.1 Å². The molecular weight excluding hydrogens is 284 g/mol. The summed E-state index contributed by atoms with van der Waals surface area (Å²) in [6, 6.07) is 0.602. The molecule has 1 fully saturated rings. The highest BCUT2D eigenvalue weighted by atomic mass is 32.2. The van der Waals surface area contributed by atoms with E-state index in [1.807, 2.05) is 0 Å². The van der Waals surface area contributed by atoms with Crippen molar-refractivity contribution in [1.82, 2.24) is 10.2 Å². The van der Waals surface area contributed by atoms with E-state index in [1.54, 1.807) is 20.8 Å². The third-order valence-corrected chi connectivity index (χ3v) is 7.19. The van der Waals surface area contributed by atoms with Crippen LogP contribution < -0.4 is 5.32 Å². The van der Waals surface area contributed by atoms with Crippen LogP contribution in [0.2, 0.25) is 0 Å². The fraction of sp³-hybridized carbons (Fsp3) is 1.00. The fourth-order valence-corrected chi connectivity index (χ4v) is 3.99. The van der Waals surface area contributed by atoms with Crippen molar-refractivity contribution in [3.63, 3.8) is 0 Å². The number of piperidine rings is 1. The monoisotopic (exact) mass is 318 g/mol. The van der Waals surface area contributed by atoms with Crippen LogP contribution in [0, 0.1) is 5.92 Å². The molecule has 21 heavy (non-hydrogen) atoms. The number of nitrogens with one attached hydrogen (secondary N) is 1. The average Bonchev–Trinajstić information content (AvgIpc) is 2.42. The maximum atomic E-state index is 12.2. The van der Waals surface area contributed by atoms with Crippen LogP contribution in [0.1, 0.15) is 53.9 Å². The minimum Gasteiger partial charge on any atom is -0.314 e. The molecule has 1 saturated heterocycles. The molecule has 4 nitrogen and oxygen atoms in total. The van der Waals surface area contributed by atoms with E-state index in [2.05, 4.69) is 24.1 Å². The van der Waals surface area contributed by atoms with E-state index < -0.39 is 14.6 Å². The molecule has 1 rings (SSSR count). The first-order valence-electron chi connectivity index (χ1n) is 8.39. The summed E-state index contributed by atoms with van der Waals surface area (Å²) in [4.78, 5) is 2.33. The zero-order valence-electron chi connectivity index (χ0n) is 14.5. The predicted octanol–water partition coefficient (Wildman–Crippen LogP) is 2.30. The molecular formula is C16H34N2O2S. The summed E-state index contributed by atoms with van der Waals surface area (Å²) in [6.45, 7) is 13.6. The Morgan fingerprint density at radius 3 is 2.43 bits per heavy atom. The maximum Gasteiger partial charge on any atom is 0.156 e. The Hall–Kier alpha value is -0.130.